The first kappa shape index (κ1) is 16.8. The minimum atomic E-state index is -0.586. The Bertz CT molecular complexity index is 921. The van der Waals surface area contributed by atoms with E-state index in [1.807, 2.05) is 36.6 Å². The number of hydrogen-bond donors (Lipinski definition) is 2. The molecule has 1 aromatic carbocycles. The number of ether oxygens (including phenoxy) is 1. The number of imide groups is 1. The van der Waals surface area contributed by atoms with Crippen molar-refractivity contribution in [1.82, 2.24) is 20.6 Å². The number of thiophene rings is 1. The van der Waals surface area contributed by atoms with Crippen LogP contribution in [0.4, 0.5) is 4.79 Å². The van der Waals surface area contributed by atoms with Crippen LogP contribution in [0, 0.1) is 6.92 Å². The number of aryl methyl sites for hydroxylation is 1. The maximum atomic E-state index is 11.7. The van der Waals surface area contributed by atoms with Crippen LogP contribution in [0.25, 0.3) is 21.3 Å². The monoisotopic (exact) mass is 356 g/mol. The van der Waals surface area contributed by atoms with E-state index < -0.39 is 11.9 Å². The van der Waals surface area contributed by atoms with Gasteiger partial charge in [0.2, 0.25) is 5.88 Å². The Labute approximate surface area is 148 Å². The van der Waals surface area contributed by atoms with E-state index in [1.54, 1.807) is 0 Å². The van der Waals surface area contributed by atoms with Crippen molar-refractivity contribution in [2.24, 2.45) is 0 Å². The number of nitrogens with one attached hydrogen (secondary N) is 2. The summed E-state index contributed by atoms with van der Waals surface area (Å²) in [5.41, 5.74) is 3.13. The van der Waals surface area contributed by atoms with Gasteiger partial charge in [-0.1, -0.05) is 29.8 Å². The van der Waals surface area contributed by atoms with Crippen LogP contribution in [0.3, 0.4) is 0 Å². The van der Waals surface area contributed by atoms with Crippen LogP contribution in [-0.2, 0) is 4.79 Å². The van der Waals surface area contributed by atoms with Crippen molar-refractivity contribution in [2.75, 3.05) is 13.7 Å². The number of amides is 3. The standard InChI is InChI=1S/C17H16N4O3S/c1-10-3-5-11(6-4-10)12-8-25-16-14(12)15(19-9-20-16)24-7-13(22)21-17(23)18-2/h3-6,8-9H,7H2,1-2H3,(H2,18,21,22,23). The van der Waals surface area contributed by atoms with Crippen molar-refractivity contribution in [3.05, 3.63) is 41.5 Å². The molecule has 0 aliphatic carbocycles. The molecular weight excluding hydrogens is 340 g/mol. The zero-order valence-electron chi connectivity index (χ0n) is 13.7. The van der Waals surface area contributed by atoms with E-state index >= 15 is 0 Å². The SMILES string of the molecule is CNC(=O)NC(=O)COc1ncnc2scc(-c3ccc(C)cc3)c12. The smallest absolute Gasteiger partial charge is 0.321 e. The van der Waals surface area contributed by atoms with Gasteiger partial charge in [-0.05, 0) is 12.5 Å². The van der Waals surface area contributed by atoms with E-state index in [2.05, 4.69) is 20.6 Å². The van der Waals surface area contributed by atoms with Crippen molar-refractivity contribution >= 4 is 33.5 Å². The zero-order chi connectivity index (χ0) is 17.8. The maximum Gasteiger partial charge on any atom is 0.321 e. The summed E-state index contributed by atoms with van der Waals surface area (Å²) in [5, 5.41) is 7.19. The highest BCUT2D eigenvalue weighted by molar-refractivity contribution is 7.17. The molecule has 0 atom stereocenters. The van der Waals surface area contributed by atoms with Crippen molar-refractivity contribution in [3.63, 3.8) is 0 Å². The number of aromatic nitrogens is 2. The molecular formula is C17H16N4O3S. The summed E-state index contributed by atoms with van der Waals surface area (Å²) in [5.74, 6) is -0.243. The average molecular weight is 356 g/mol. The van der Waals surface area contributed by atoms with Gasteiger partial charge in [0.05, 0.1) is 5.39 Å². The summed E-state index contributed by atoms with van der Waals surface area (Å²) < 4.78 is 5.53. The number of fused-ring (bicyclic) bond motifs is 1. The van der Waals surface area contributed by atoms with E-state index in [0.717, 1.165) is 21.3 Å². The number of carbonyl (C=O) groups is 2. The Morgan fingerprint density at radius 3 is 2.68 bits per heavy atom. The third-order valence-corrected chi connectivity index (χ3v) is 4.40. The molecule has 3 aromatic rings. The molecule has 3 amide bonds. The second kappa shape index (κ2) is 7.27. The quantitative estimate of drug-likeness (QED) is 0.749. The van der Waals surface area contributed by atoms with E-state index in [0.29, 0.717) is 5.88 Å². The first-order valence-electron chi connectivity index (χ1n) is 7.52. The Balaban J connectivity index is 1.88. The Morgan fingerprint density at radius 1 is 1.20 bits per heavy atom. The van der Waals surface area contributed by atoms with Crippen molar-refractivity contribution in [1.29, 1.82) is 0 Å². The molecule has 2 heterocycles. The van der Waals surface area contributed by atoms with Gasteiger partial charge in [0, 0.05) is 18.0 Å². The maximum absolute atomic E-state index is 11.7. The Morgan fingerprint density at radius 2 is 1.96 bits per heavy atom. The van der Waals surface area contributed by atoms with Crippen LogP contribution in [0.15, 0.2) is 36.0 Å². The third kappa shape index (κ3) is 3.74. The van der Waals surface area contributed by atoms with Gasteiger partial charge in [-0.2, -0.15) is 0 Å². The highest BCUT2D eigenvalue weighted by Crippen LogP contribution is 2.37. The predicted octanol–water partition coefficient (Wildman–Crippen LogP) is 2.50. The molecule has 0 radical (unpaired) electrons. The van der Waals surface area contributed by atoms with Crippen LogP contribution < -0.4 is 15.4 Å². The summed E-state index contributed by atoms with van der Waals surface area (Å²) in [6.45, 7) is 1.71. The first-order valence-corrected chi connectivity index (χ1v) is 8.40. The molecule has 0 unspecified atom stereocenters. The van der Waals surface area contributed by atoms with E-state index in [-0.39, 0.29) is 6.61 Å². The molecule has 0 saturated heterocycles. The highest BCUT2D eigenvalue weighted by atomic mass is 32.1. The van der Waals surface area contributed by atoms with Crippen LogP contribution in [0.2, 0.25) is 0 Å². The van der Waals surface area contributed by atoms with E-state index in [9.17, 15) is 9.59 Å². The molecule has 2 N–H and O–H groups in total. The molecule has 7 nitrogen and oxygen atoms in total. The van der Waals surface area contributed by atoms with Crippen molar-refractivity contribution in [3.8, 4) is 17.0 Å². The van der Waals surface area contributed by atoms with Crippen LogP contribution in [-0.4, -0.2) is 35.6 Å². The fourth-order valence-corrected chi connectivity index (χ4v) is 3.17. The second-order valence-electron chi connectivity index (χ2n) is 5.29. The topological polar surface area (TPSA) is 93.2 Å². The molecule has 25 heavy (non-hydrogen) atoms. The minimum Gasteiger partial charge on any atom is -0.467 e. The first-order chi connectivity index (χ1) is 12.1. The molecule has 3 rings (SSSR count). The third-order valence-electron chi connectivity index (χ3n) is 3.52. The van der Waals surface area contributed by atoms with Crippen molar-refractivity contribution < 1.29 is 14.3 Å². The number of hydrogen-bond acceptors (Lipinski definition) is 6. The lowest BCUT2D eigenvalue weighted by Gasteiger charge is -2.08. The summed E-state index contributed by atoms with van der Waals surface area (Å²) in [6.07, 6.45) is 1.39. The largest absolute Gasteiger partial charge is 0.467 e. The second-order valence-corrected chi connectivity index (χ2v) is 6.15. The average Bonchev–Trinajstić information content (AvgIpc) is 3.05. The fraction of sp³-hybridized carbons (Fsp3) is 0.176. The summed E-state index contributed by atoms with van der Waals surface area (Å²) >= 11 is 1.48. The molecule has 0 aliphatic heterocycles. The predicted molar refractivity (Wildman–Crippen MR) is 95.7 cm³/mol. The molecule has 8 heteroatoms. The number of carbonyl (C=O) groups excluding carboxylic acids is 2. The van der Waals surface area contributed by atoms with Gasteiger partial charge >= 0.3 is 6.03 Å². The van der Waals surface area contributed by atoms with Gasteiger partial charge in [-0.3, -0.25) is 10.1 Å². The van der Waals surface area contributed by atoms with Gasteiger partial charge in [-0.15, -0.1) is 11.3 Å². The van der Waals surface area contributed by atoms with Gasteiger partial charge in [0.25, 0.3) is 5.91 Å². The van der Waals surface area contributed by atoms with E-state index in [1.165, 1.54) is 30.3 Å². The Hall–Kier alpha value is -3.00. The lowest BCUT2D eigenvalue weighted by atomic mass is 10.0. The van der Waals surface area contributed by atoms with Crippen LogP contribution in [0.5, 0.6) is 5.88 Å². The number of benzene rings is 1. The zero-order valence-corrected chi connectivity index (χ0v) is 14.5. The van der Waals surface area contributed by atoms with Crippen molar-refractivity contribution in [2.45, 2.75) is 6.92 Å². The van der Waals surface area contributed by atoms with Crippen LogP contribution in [0.1, 0.15) is 5.56 Å². The lowest BCUT2D eigenvalue weighted by molar-refractivity contribution is -0.122. The molecule has 2 aromatic heterocycles. The number of urea groups is 1. The van der Waals surface area contributed by atoms with Gasteiger partial charge in [-0.25, -0.2) is 14.8 Å². The normalized spacial score (nSPS) is 10.5. The summed E-state index contributed by atoms with van der Waals surface area (Å²) in [7, 11) is 1.43. The molecule has 0 aliphatic rings. The molecule has 0 bridgehead atoms. The summed E-state index contributed by atoms with van der Waals surface area (Å²) in [6, 6.07) is 7.51. The molecule has 0 fully saturated rings. The Kier molecular flexibility index (Phi) is 4.90. The number of nitrogens with zero attached hydrogens (tertiary/aromatic N) is 2. The number of rotatable bonds is 4. The lowest BCUT2D eigenvalue weighted by Crippen LogP contribution is -2.40. The summed E-state index contributed by atoms with van der Waals surface area (Å²) in [4.78, 5) is 32.0. The van der Waals surface area contributed by atoms with Gasteiger partial charge < -0.3 is 10.1 Å². The minimum absolute atomic E-state index is 0.314. The van der Waals surface area contributed by atoms with Gasteiger partial charge in [0.15, 0.2) is 6.61 Å². The van der Waals surface area contributed by atoms with Crippen LogP contribution >= 0.6 is 11.3 Å². The van der Waals surface area contributed by atoms with E-state index in [4.69, 9.17) is 4.74 Å². The highest BCUT2D eigenvalue weighted by Gasteiger charge is 2.15. The molecule has 128 valence electrons. The molecule has 0 saturated carbocycles. The molecule has 0 spiro atoms. The fourth-order valence-electron chi connectivity index (χ4n) is 2.26. The van der Waals surface area contributed by atoms with Gasteiger partial charge in [0.1, 0.15) is 11.2 Å².